The van der Waals surface area contributed by atoms with E-state index in [-0.39, 0.29) is 50.2 Å². The molecule has 3 heterocycles. The van der Waals surface area contributed by atoms with Crippen LogP contribution in [-0.2, 0) is 42.7 Å². The fourth-order valence-corrected chi connectivity index (χ4v) is 8.54. The van der Waals surface area contributed by atoms with E-state index in [0.29, 0.717) is 11.5 Å². The summed E-state index contributed by atoms with van der Waals surface area (Å²) in [6.45, 7) is 27.1. The van der Waals surface area contributed by atoms with Crippen LogP contribution in [0.4, 0.5) is 22.7 Å². The number of fused-ring (bicyclic) bond motifs is 4. The number of hydrogen-bond acceptors (Lipinski definition) is 4. The first-order valence-corrected chi connectivity index (χ1v) is 21.8. The third-order valence-corrected chi connectivity index (χ3v) is 12.5. The summed E-state index contributed by atoms with van der Waals surface area (Å²) in [5, 5.41) is 2.27. The Hall–Kier alpha value is -5.64. The Morgan fingerprint density at radius 1 is 0.516 bits per heavy atom. The van der Waals surface area contributed by atoms with Crippen LogP contribution in [0.1, 0.15) is 104 Å². The minimum absolute atomic E-state index is 0. The first kappa shape index (κ1) is 46.4. The van der Waals surface area contributed by atoms with Gasteiger partial charge in [-0.1, -0.05) is 142 Å². The molecule has 0 N–H and O–H groups in total. The van der Waals surface area contributed by atoms with Crippen LogP contribution in [0.3, 0.4) is 0 Å². The van der Waals surface area contributed by atoms with Crippen molar-refractivity contribution in [3.05, 3.63) is 194 Å². The van der Waals surface area contributed by atoms with E-state index in [2.05, 4.69) is 225 Å². The molecule has 6 aromatic carbocycles. The quantitative estimate of drug-likeness (QED) is 0.149. The zero-order valence-electron chi connectivity index (χ0n) is 39.4. The van der Waals surface area contributed by atoms with E-state index in [1.807, 2.05) is 24.4 Å². The molecule has 0 saturated carbocycles. The molecule has 0 amide bonds. The van der Waals surface area contributed by atoms with Gasteiger partial charge in [0.25, 0.3) is 0 Å². The largest absolute Gasteiger partial charge is 4.00 e. The number of benzene rings is 6. The van der Waals surface area contributed by atoms with E-state index in [4.69, 9.17) is 9.72 Å². The summed E-state index contributed by atoms with van der Waals surface area (Å²) in [7, 11) is 0. The topological polar surface area (TPSA) is 33.5 Å². The number of anilines is 4. The summed E-state index contributed by atoms with van der Waals surface area (Å²) < 4.78 is 8.92. The summed E-state index contributed by atoms with van der Waals surface area (Å²) in [5.74, 6) is 2.07. The molecule has 0 saturated heterocycles. The van der Waals surface area contributed by atoms with Crippen LogP contribution in [0.25, 0.3) is 27.6 Å². The maximum Gasteiger partial charge on any atom is 4.00 e. The van der Waals surface area contributed by atoms with Crippen molar-refractivity contribution < 1.29 is 25.8 Å². The third-order valence-electron chi connectivity index (χ3n) is 12.5. The average Bonchev–Trinajstić information content (AvgIpc) is 3.78. The number of rotatable bonds is 7. The van der Waals surface area contributed by atoms with Crippen LogP contribution < -0.4 is 14.5 Å². The van der Waals surface area contributed by atoms with Gasteiger partial charge in [-0.3, -0.25) is 0 Å². The minimum atomic E-state index is -0.202. The number of nitrogens with zero attached hydrogens (tertiary/aromatic N) is 4. The van der Waals surface area contributed by atoms with E-state index in [9.17, 15) is 0 Å². The van der Waals surface area contributed by atoms with E-state index >= 15 is 0 Å². The molecule has 8 aromatic rings. The van der Waals surface area contributed by atoms with Gasteiger partial charge in [0.1, 0.15) is 5.82 Å². The number of aromatic nitrogens is 2. The molecule has 5 nitrogen and oxygen atoms in total. The Morgan fingerprint density at radius 2 is 1.16 bits per heavy atom. The SMILES string of the molecule is CC(C)(C)c1cccc(N2[CH-]N(c3[c-]c(Oc4[c-]c5c(cc4)c4cc(C(C)(C)C)ccc4n5-c4cc(C(C)(C)C)ccn4)ccc3)c3ccc(C(C)(C)c4ccccc4)cc32)c1.[CH3-].[Pt+4]. The summed E-state index contributed by atoms with van der Waals surface area (Å²) in [6.07, 6.45) is 1.92. The minimum Gasteiger partial charge on any atom is -0.509 e. The average molecular weight is 1020 g/mol. The molecule has 9 rings (SSSR count). The van der Waals surface area contributed by atoms with Crippen LogP contribution >= 0.6 is 0 Å². The van der Waals surface area contributed by atoms with Crippen molar-refractivity contribution in [1.29, 1.82) is 0 Å². The van der Waals surface area contributed by atoms with Crippen LogP contribution in [-0.4, -0.2) is 9.55 Å². The Morgan fingerprint density at radius 3 is 1.88 bits per heavy atom. The van der Waals surface area contributed by atoms with Crippen LogP contribution in [0.15, 0.2) is 140 Å². The van der Waals surface area contributed by atoms with E-state index in [1.165, 1.54) is 33.2 Å². The molecule has 0 radical (unpaired) electrons. The number of pyridine rings is 1. The van der Waals surface area contributed by atoms with Crippen LogP contribution in [0, 0.1) is 26.2 Å². The van der Waals surface area contributed by atoms with Gasteiger partial charge in [0.2, 0.25) is 0 Å². The first-order valence-electron chi connectivity index (χ1n) is 21.8. The smallest absolute Gasteiger partial charge is 0.509 e. The van der Waals surface area contributed by atoms with Gasteiger partial charge < -0.3 is 26.5 Å². The van der Waals surface area contributed by atoms with E-state index in [1.54, 1.807) is 0 Å². The van der Waals surface area contributed by atoms with Gasteiger partial charge in [0, 0.05) is 45.7 Å². The maximum absolute atomic E-state index is 6.70. The normalized spacial score (nSPS) is 13.2. The van der Waals surface area contributed by atoms with Crippen molar-refractivity contribution in [3.8, 4) is 17.3 Å². The van der Waals surface area contributed by atoms with Gasteiger partial charge in [-0.15, -0.1) is 48.1 Å². The second-order valence-corrected chi connectivity index (χ2v) is 20.4. The van der Waals surface area contributed by atoms with Crippen molar-refractivity contribution in [2.24, 2.45) is 0 Å². The molecule has 64 heavy (non-hydrogen) atoms. The summed E-state index contributed by atoms with van der Waals surface area (Å²) >= 11 is 0. The second kappa shape index (κ2) is 17.1. The Balaban J connectivity index is 0.00000306. The summed E-state index contributed by atoms with van der Waals surface area (Å²) in [6, 6.07) is 55.2. The Labute approximate surface area is 396 Å². The van der Waals surface area contributed by atoms with Gasteiger partial charge in [0.15, 0.2) is 0 Å². The molecular weight excluding hydrogens is 964 g/mol. The summed E-state index contributed by atoms with van der Waals surface area (Å²) in [4.78, 5) is 9.45. The van der Waals surface area contributed by atoms with Gasteiger partial charge in [-0.2, -0.15) is 12.1 Å². The molecule has 0 unspecified atom stereocenters. The molecular formula is C58H60N4OPt. The predicted molar refractivity (Wildman–Crippen MR) is 265 cm³/mol. The van der Waals surface area contributed by atoms with Crippen molar-refractivity contribution in [1.82, 2.24) is 9.55 Å². The third kappa shape index (κ3) is 8.64. The van der Waals surface area contributed by atoms with Gasteiger partial charge in [0.05, 0.1) is 0 Å². The molecule has 6 heteroatoms. The molecule has 0 bridgehead atoms. The van der Waals surface area contributed by atoms with E-state index < -0.39 is 0 Å². The molecule has 2 aromatic heterocycles. The van der Waals surface area contributed by atoms with Crippen molar-refractivity contribution >= 4 is 44.6 Å². The molecule has 0 fully saturated rings. The van der Waals surface area contributed by atoms with Crippen molar-refractivity contribution in [3.63, 3.8) is 0 Å². The summed E-state index contributed by atoms with van der Waals surface area (Å²) in [5.41, 5.74) is 12.3. The predicted octanol–water partition coefficient (Wildman–Crippen LogP) is 15.6. The Bertz CT molecular complexity index is 2960. The van der Waals surface area contributed by atoms with Crippen molar-refractivity contribution in [2.75, 3.05) is 9.80 Å². The Kier molecular flexibility index (Phi) is 12.4. The van der Waals surface area contributed by atoms with Crippen LogP contribution in [0.5, 0.6) is 11.5 Å². The monoisotopic (exact) mass is 1020 g/mol. The van der Waals surface area contributed by atoms with Gasteiger partial charge >= 0.3 is 21.1 Å². The van der Waals surface area contributed by atoms with Gasteiger partial charge in [-0.05, 0) is 91.9 Å². The maximum atomic E-state index is 6.70. The van der Waals surface area contributed by atoms with Gasteiger partial charge in [-0.25, -0.2) is 4.98 Å². The fourth-order valence-electron chi connectivity index (χ4n) is 8.54. The van der Waals surface area contributed by atoms with E-state index in [0.717, 1.165) is 45.0 Å². The molecule has 328 valence electrons. The molecule has 1 aliphatic heterocycles. The molecule has 0 spiro atoms. The zero-order chi connectivity index (χ0) is 43.8. The second-order valence-electron chi connectivity index (χ2n) is 20.4. The number of ether oxygens (including phenoxy) is 1. The first-order chi connectivity index (χ1) is 29.4. The van der Waals surface area contributed by atoms with Crippen LogP contribution in [0.2, 0.25) is 0 Å². The van der Waals surface area contributed by atoms with Crippen molar-refractivity contribution in [2.45, 2.75) is 97.8 Å². The number of hydrogen-bond donors (Lipinski definition) is 0. The fraction of sp³-hybridized carbons (Fsp3) is 0.259. The standard InChI is InChI=1S/C57H57N4O.CH3.Pt/c1-54(2,3)39-19-15-20-43(31-39)60-37-59(50-28-24-42(33-52(50)60)57(10,11)38-17-13-12-14-18-38)44-21-16-22-45(35-44)62-46-25-26-47-48-32-40(55(4,5)6)23-27-49(48)61(51(47)36-46)53-34-41(29-30-58-53)56(7,8)9;;/h12-34,37H,1-11H3;1H3;/q-3;-1;+4. The molecule has 0 atom stereocenters. The molecule has 1 aliphatic rings. The molecule has 0 aliphatic carbocycles. The zero-order valence-corrected chi connectivity index (χ0v) is 41.6.